The van der Waals surface area contributed by atoms with Crippen molar-refractivity contribution < 1.29 is 23.1 Å². The van der Waals surface area contributed by atoms with Gasteiger partial charge in [-0.15, -0.1) is 0 Å². The zero-order valence-corrected chi connectivity index (χ0v) is 10.6. The Balaban J connectivity index is 2.45. The van der Waals surface area contributed by atoms with E-state index >= 15 is 0 Å². The smallest absolute Gasteiger partial charge is 0.362 e. The van der Waals surface area contributed by atoms with Gasteiger partial charge in [-0.05, 0) is 18.1 Å². The molecule has 0 fully saturated rings. The Morgan fingerprint density at radius 2 is 1.85 bits per heavy atom. The van der Waals surface area contributed by atoms with Crippen LogP contribution in [0.3, 0.4) is 0 Å². The number of hydrogen-bond acceptors (Lipinski definition) is 3. The molecule has 20 heavy (non-hydrogen) atoms. The Hall–Kier alpha value is -1.86. The third-order valence-electron chi connectivity index (χ3n) is 3.25. The predicted molar refractivity (Wildman–Crippen MR) is 65.8 cm³/mol. The van der Waals surface area contributed by atoms with Gasteiger partial charge in [-0.25, -0.2) is 10.9 Å². The standard InChI is InChI=1S/C13H13F3N2O2/c1-8-2-4-9(5-3-8)10-6-11(19)18(17)12(20,7-10)13(14,15)16/h2-6,20H,7,17H2,1H3. The average Bonchev–Trinajstić information content (AvgIpc) is 2.35. The first-order valence-electron chi connectivity index (χ1n) is 5.81. The number of hydrogen-bond donors (Lipinski definition) is 2. The number of amides is 1. The molecule has 1 atom stereocenters. The molecule has 2 rings (SSSR count). The topological polar surface area (TPSA) is 66.6 Å². The minimum Gasteiger partial charge on any atom is -0.362 e. The van der Waals surface area contributed by atoms with Crippen LogP contribution in [0.4, 0.5) is 13.2 Å². The monoisotopic (exact) mass is 286 g/mol. The van der Waals surface area contributed by atoms with Crippen molar-refractivity contribution in [3.8, 4) is 0 Å². The normalized spacial score (nSPS) is 23.8. The number of halogens is 3. The summed E-state index contributed by atoms with van der Waals surface area (Å²) in [6.07, 6.45) is -4.84. The number of aryl methyl sites for hydroxylation is 1. The van der Waals surface area contributed by atoms with Crippen LogP contribution in [0.2, 0.25) is 0 Å². The van der Waals surface area contributed by atoms with Gasteiger partial charge in [0.15, 0.2) is 0 Å². The van der Waals surface area contributed by atoms with Crippen molar-refractivity contribution in [2.45, 2.75) is 25.2 Å². The molecule has 1 unspecified atom stereocenters. The van der Waals surface area contributed by atoms with E-state index in [-0.39, 0.29) is 10.6 Å². The molecule has 1 amide bonds. The molecule has 0 aromatic heterocycles. The lowest BCUT2D eigenvalue weighted by Crippen LogP contribution is -2.65. The highest BCUT2D eigenvalue weighted by Crippen LogP contribution is 2.41. The Kier molecular flexibility index (Phi) is 3.35. The van der Waals surface area contributed by atoms with Gasteiger partial charge >= 0.3 is 6.18 Å². The average molecular weight is 286 g/mol. The van der Waals surface area contributed by atoms with E-state index < -0.39 is 24.2 Å². The third-order valence-corrected chi connectivity index (χ3v) is 3.25. The summed E-state index contributed by atoms with van der Waals surface area (Å²) < 4.78 is 38.9. The summed E-state index contributed by atoms with van der Waals surface area (Å²) >= 11 is 0. The van der Waals surface area contributed by atoms with Crippen LogP contribution in [0.15, 0.2) is 30.3 Å². The van der Waals surface area contributed by atoms with E-state index in [1.54, 1.807) is 24.3 Å². The predicted octanol–water partition coefficient (Wildman–Crippen LogP) is 1.74. The van der Waals surface area contributed by atoms with Crippen molar-refractivity contribution in [3.63, 3.8) is 0 Å². The first kappa shape index (κ1) is 14.5. The maximum atomic E-state index is 13.0. The molecule has 0 bridgehead atoms. The van der Waals surface area contributed by atoms with E-state index in [9.17, 15) is 23.1 Å². The number of nitrogens with zero attached hydrogens (tertiary/aromatic N) is 1. The van der Waals surface area contributed by atoms with Crippen LogP contribution in [0.5, 0.6) is 0 Å². The summed E-state index contributed by atoms with van der Waals surface area (Å²) in [7, 11) is 0. The summed E-state index contributed by atoms with van der Waals surface area (Å²) in [5.41, 5.74) is -1.92. The van der Waals surface area contributed by atoms with Crippen molar-refractivity contribution in [1.82, 2.24) is 5.01 Å². The van der Waals surface area contributed by atoms with Gasteiger partial charge in [-0.3, -0.25) is 4.79 Å². The van der Waals surface area contributed by atoms with Gasteiger partial charge in [0.2, 0.25) is 0 Å². The molecule has 0 saturated heterocycles. The fourth-order valence-electron chi connectivity index (χ4n) is 1.99. The summed E-state index contributed by atoms with van der Waals surface area (Å²) in [6, 6.07) is 6.61. The van der Waals surface area contributed by atoms with Crippen LogP contribution in [-0.4, -0.2) is 27.9 Å². The van der Waals surface area contributed by atoms with E-state index in [2.05, 4.69) is 0 Å². The summed E-state index contributed by atoms with van der Waals surface area (Å²) in [5.74, 6) is 3.99. The lowest BCUT2D eigenvalue weighted by Gasteiger charge is -2.40. The molecule has 3 N–H and O–H groups in total. The minimum atomic E-state index is -5.04. The summed E-state index contributed by atoms with van der Waals surface area (Å²) in [5, 5.41) is 9.57. The molecule has 1 aromatic rings. The quantitative estimate of drug-likeness (QED) is 0.610. The van der Waals surface area contributed by atoms with Gasteiger partial charge < -0.3 is 5.11 Å². The number of nitrogens with two attached hydrogens (primary N) is 1. The number of hydrazine groups is 1. The SMILES string of the molecule is Cc1ccc(C2=CC(=O)N(N)C(O)(C(F)(F)F)C2)cc1. The van der Waals surface area contributed by atoms with Crippen LogP contribution in [0.1, 0.15) is 17.5 Å². The summed E-state index contributed by atoms with van der Waals surface area (Å²) in [4.78, 5) is 11.6. The highest BCUT2D eigenvalue weighted by molar-refractivity contribution is 5.97. The summed E-state index contributed by atoms with van der Waals surface area (Å²) in [6.45, 7) is 1.83. The van der Waals surface area contributed by atoms with Crippen molar-refractivity contribution >= 4 is 11.5 Å². The van der Waals surface area contributed by atoms with Gasteiger partial charge in [-0.1, -0.05) is 29.8 Å². The second-order valence-corrected chi connectivity index (χ2v) is 4.73. The Morgan fingerprint density at radius 3 is 2.35 bits per heavy atom. The van der Waals surface area contributed by atoms with Crippen molar-refractivity contribution in [3.05, 3.63) is 41.5 Å². The largest absolute Gasteiger partial charge is 0.438 e. The fourth-order valence-corrected chi connectivity index (χ4v) is 1.99. The van der Waals surface area contributed by atoms with Crippen molar-refractivity contribution in [2.24, 2.45) is 5.84 Å². The second-order valence-electron chi connectivity index (χ2n) is 4.73. The molecule has 0 spiro atoms. The zero-order valence-electron chi connectivity index (χ0n) is 10.6. The van der Waals surface area contributed by atoms with Crippen LogP contribution in [0, 0.1) is 6.92 Å². The van der Waals surface area contributed by atoms with E-state index in [0.717, 1.165) is 11.6 Å². The van der Waals surface area contributed by atoms with Crippen LogP contribution in [-0.2, 0) is 4.79 Å². The van der Waals surface area contributed by atoms with E-state index in [0.29, 0.717) is 5.56 Å². The first-order chi connectivity index (χ1) is 9.15. The molecular weight excluding hydrogens is 273 g/mol. The van der Waals surface area contributed by atoms with Crippen LogP contribution in [0.25, 0.3) is 5.57 Å². The fraction of sp³-hybridized carbons (Fsp3) is 0.308. The molecule has 1 aliphatic rings. The maximum absolute atomic E-state index is 13.0. The molecular formula is C13H13F3N2O2. The van der Waals surface area contributed by atoms with Crippen LogP contribution >= 0.6 is 0 Å². The van der Waals surface area contributed by atoms with Gasteiger partial charge in [0, 0.05) is 12.5 Å². The molecule has 7 heteroatoms. The van der Waals surface area contributed by atoms with E-state index in [1.807, 2.05) is 6.92 Å². The van der Waals surface area contributed by atoms with Crippen molar-refractivity contribution in [1.29, 1.82) is 0 Å². The molecule has 1 aliphatic heterocycles. The Labute approximate surface area is 113 Å². The number of aliphatic hydroxyl groups is 1. The highest BCUT2D eigenvalue weighted by Gasteiger charge is 2.60. The number of carbonyl (C=O) groups is 1. The molecule has 0 aliphatic carbocycles. The van der Waals surface area contributed by atoms with Gasteiger partial charge in [0.25, 0.3) is 11.6 Å². The maximum Gasteiger partial charge on any atom is 0.438 e. The number of benzene rings is 1. The molecule has 1 aromatic carbocycles. The Morgan fingerprint density at radius 1 is 1.30 bits per heavy atom. The number of carbonyl (C=O) groups excluding carboxylic acids is 1. The van der Waals surface area contributed by atoms with Crippen LogP contribution < -0.4 is 5.84 Å². The highest BCUT2D eigenvalue weighted by atomic mass is 19.4. The molecule has 0 radical (unpaired) electrons. The molecule has 0 saturated carbocycles. The lowest BCUT2D eigenvalue weighted by molar-refractivity contribution is -0.308. The van der Waals surface area contributed by atoms with Crippen molar-refractivity contribution in [2.75, 3.05) is 0 Å². The van der Waals surface area contributed by atoms with Gasteiger partial charge in [0.05, 0.1) is 0 Å². The lowest BCUT2D eigenvalue weighted by atomic mass is 9.91. The minimum absolute atomic E-state index is 0.0940. The number of alkyl halides is 3. The number of rotatable bonds is 1. The van der Waals surface area contributed by atoms with Gasteiger partial charge in [0.1, 0.15) is 0 Å². The molecule has 108 valence electrons. The van der Waals surface area contributed by atoms with E-state index in [1.165, 1.54) is 0 Å². The Bertz CT molecular complexity index is 566. The molecule has 1 heterocycles. The second kappa shape index (κ2) is 4.60. The zero-order chi connectivity index (χ0) is 15.1. The molecule has 4 nitrogen and oxygen atoms in total. The third kappa shape index (κ3) is 2.30. The first-order valence-corrected chi connectivity index (χ1v) is 5.81. The van der Waals surface area contributed by atoms with Gasteiger partial charge in [-0.2, -0.15) is 13.2 Å². The van der Waals surface area contributed by atoms with E-state index in [4.69, 9.17) is 5.84 Å².